The van der Waals surface area contributed by atoms with Crippen LogP contribution >= 0.6 is 0 Å². The smallest absolute Gasteiger partial charge is 0.410 e. The second kappa shape index (κ2) is 7.84. The molecule has 0 aromatic heterocycles. The molecule has 1 aliphatic heterocycles. The molecule has 5 heteroatoms. The molecule has 0 radical (unpaired) electrons. The summed E-state index contributed by atoms with van der Waals surface area (Å²) in [6.07, 6.45) is 2.41. The van der Waals surface area contributed by atoms with Gasteiger partial charge in [0.2, 0.25) is 0 Å². The predicted octanol–water partition coefficient (Wildman–Crippen LogP) is 1.99. The Kier molecular flexibility index (Phi) is 6.76. The van der Waals surface area contributed by atoms with E-state index >= 15 is 0 Å². The topological polar surface area (TPSA) is 61.8 Å². The maximum absolute atomic E-state index is 12.0. The zero-order valence-electron chi connectivity index (χ0n) is 13.3. The molecular weight excluding hydrogens is 256 g/mol. The predicted molar refractivity (Wildman–Crippen MR) is 79.7 cm³/mol. The largest absolute Gasteiger partial charge is 0.444 e. The van der Waals surface area contributed by atoms with Crippen molar-refractivity contribution in [2.45, 2.75) is 58.7 Å². The van der Waals surface area contributed by atoms with Gasteiger partial charge in [0.15, 0.2) is 0 Å². The van der Waals surface area contributed by atoms with Gasteiger partial charge in [0, 0.05) is 19.6 Å². The first-order chi connectivity index (χ1) is 9.31. The molecule has 0 aromatic rings. The molecule has 0 spiro atoms. The Bertz CT molecular complexity index is 302. The van der Waals surface area contributed by atoms with Gasteiger partial charge in [-0.15, -0.1) is 0 Å². The SMILES string of the molecule is CCC(O)CNCC1CCCN(C(=O)OC(C)(C)C)C1. The molecule has 1 aliphatic rings. The molecule has 2 atom stereocenters. The number of carbonyl (C=O) groups excluding carboxylic acids is 1. The summed E-state index contributed by atoms with van der Waals surface area (Å²) in [7, 11) is 0. The van der Waals surface area contributed by atoms with E-state index in [2.05, 4.69) is 5.32 Å². The molecule has 0 aliphatic carbocycles. The molecule has 5 nitrogen and oxygen atoms in total. The van der Waals surface area contributed by atoms with E-state index < -0.39 is 5.60 Å². The number of ether oxygens (including phenoxy) is 1. The summed E-state index contributed by atoms with van der Waals surface area (Å²) in [4.78, 5) is 13.8. The van der Waals surface area contributed by atoms with Crippen molar-refractivity contribution < 1.29 is 14.6 Å². The number of rotatable bonds is 5. The number of amides is 1. The van der Waals surface area contributed by atoms with E-state index in [1.54, 1.807) is 4.90 Å². The van der Waals surface area contributed by atoms with Crippen molar-refractivity contribution in [3.63, 3.8) is 0 Å². The van der Waals surface area contributed by atoms with Crippen LogP contribution in [-0.2, 0) is 4.74 Å². The summed E-state index contributed by atoms with van der Waals surface area (Å²) < 4.78 is 5.41. The maximum Gasteiger partial charge on any atom is 0.410 e. The van der Waals surface area contributed by atoms with Crippen LogP contribution in [0.1, 0.15) is 47.0 Å². The highest BCUT2D eigenvalue weighted by Crippen LogP contribution is 2.18. The van der Waals surface area contributed by atoms with Gasteiger partial charge in [0.05, 0.1) is 6.10 Å². The summed E-state index contributed by atoms with van der Waals surface area (Å²) in [5.41, 5.74) is -0.437. The fourth-order valence-electron chi connectivity index (χ4n) is 2.32. The molecule has 118 valence electrons. The van der Waals surface area contributed by atoms with Crippen molar-refractivity contribution >= 4 is 6.09 Å². The minimum Gasteiger partial charge on any atom is -0.444 e. The number of nitrogens with zero attached hydrogens (tertiary/aromatic N) is 1. The second-order valence-corrected chi connectivity index (χ2v) is 6.65. The lowest BCUT2D eigenvalue weighted by molar-refractivity contribution is 0.0164. The molecular formula is C15H30N2O3. The van der Waals surface area contributed by atoms with Crippen molar-refractivity contribution in [3.05, 3.63) is 0 Å². The van der Waals surface area contributed by atoms with Crippen molar-refractivity contribution in [1.82, 2.24) is 10.2 Å². The molecule has 2 N–H and O–H groups in total. The molecule has 20 heavy (non-hydrogen) atoms. The number of carbonyl (C=O) groups is 1. The lowest BCUT2D eigenvalue weighted by Crippen LogP contribution is -2.45. The highest BCUT2D eigenvalue weighted by molar-refractivity contribution is 5.68. The maximum atomic E-state index is 12.0. The third-order valence-electron chi connectivity index (χ3n) is 3.45. The molecule has 1 saturated heterocycles. The van der Waals surface area contributed by atoms with Crippen LogP contribution in [0.5, 0.6) is 0 Å². The molecule has 0 saturated carbocycles. The Morgan fingerprint density at radius 2 is 2.20 bits per heavy atom. The summed E-state index contributed by atoms with van der Waals surface area (Å²) in [6, 6.07) is 0. The van der Waals surface area contributed by atoms with Gasteiger partial charge >= 0.3 is 6.09 Å². The first kappa shape index (κ1) is 17.2. The first-order valence-electron chi connectivity index (χ1n) is 7.68. The van der Waals surface area contributed by atoms with Gasteiger partial charge < -0.3 is 20.1 Å². The van der Waals surface area contributed by atoms with Crippen molar-refractivity contribution in [1.29, 1.82) is 0 Å². The summed E-state index contributed by atoms with van der Waals surface area (Å²) in [5.74, 6) is 0.445. The van der Waals surface area contributed by atoms with Gasteiger partial charge in [0.1, 0.15) is 5.60 Å². The minimum atomic E-state index is -0.437. The van der Waals surface area contributed by atoms with E-state index in [0.29, 0.717) is 12.5 Å². The number of hydrogen-bond donors (Lipinski definition) is 2. The Morgan fingerprint density at radius 3 is 2.80 bits per heavy atom. The fraction of sp³-hybridized carbons (Fsp3) is 0.933. The zero-order chi connectivity index (χ0) is 15.2. The first-order valence-corrected chi connectivity index (χ1v) is 7.68. The highest BCUT2D eigenvalue weighted by Gasteiger charge is 2.27. The molecule has 0 bridgehead atoms. The van der Waals surface area contributed by atoms with Crippen LogP contribution in [0.25, 0.3) is 0 Å². The Labute approximate surface area is 122 Å². The number of aliphatic hydroxyl groups is 1. The number of nitrogens with one attached hydrogen (secondary N) is 1. The van der Waals surface area contributed by atoms with Gasteiger partial charge in [-0.25, -0.2) is 4.79 Å². The van der Waals surface area contributed by atoms with Gasteiger partial charge in [-0.05, 0) is 52.5 Å². The van der Waals surface area contributed by atoms with E-state index in [0.717, 1.165) is 38.9 Å². The molecule has 0 aromatic carbocycles. The second-order valence-electron chi connectivity index (χ2n) is 6.65. The van der Waals surface area contributed by atoms with Crippen molar-refractivity contribution in [2.75, 3.05) is 26.2 Å². The van der Waals surface area contributed by atoms with Gasteiger partial charge in [-0.1, -0.05) is 6.92 Å². The average molecular weight is 286 g/mol. The Balaban J connectivity index is 2.33. The van der Waals surface area contributed by atoms with Crippen LogP contribution in [0.2, 0.25) is 0 Å². The number of likely N-dealkylation sites (tertiary alicyclic amines) is 1. The number of piperidine rings is 1. The Hall–Kier alpha value is -0.810. The molecule has 1 rings (SSSR count). The van der Waals surface area contributed by atoms with Gasteiger partial charge in [-0.3, -0.25) is 0 Å². The quantitative estimate of drug-likeness (QED) is 0.811. The van der Waals surface area contributed by atoms with Crippen LogP contribution in [-0.4, -0.2) is 54.0 Å². The summed E-state index contributed by atoms with van der Waals surface area (Å²) >= 11 is 0. The van der Waals surface area contributed by atoms with Crippen LogP contribution < -0.4 is 5.32 Å². The van der Waals surface area contributed by atoms with Gasteiger partial charge in [-0.2, -0.15) is 0 Å². The van der Waals surface area contributed by atoms with Crippen LogP contribution in [0.3, 0.4) is 0 Å². The summed E-state index contributed by atoms with van der Waals surface area (Å²) in [6.45, 7) is 10.6. The van der Waals surface area contributed by atoms with E-state index in [9.17, 15) is 9.90 Å². The highest BCUT2D eigenvalue weighted by atomic mass is 16.6. The number of hydrogen-bond acceptors (Lipinski definition) is 4. The van der Waals surface area contributed by atoms with Crippen LogP contribution in [0.4, 0.5) is 4.79 Å². The zero-order valence-corrected chi connectivity index (χ0v) is 13.3. The van der Waals surface area contributed by atoms with E-state index in [-0.39, 0.29) is 12.2 Å². The van der Waals surface area contributed by atoms with Crippen LogP contribution in [0.15, 0.2) is 0 Å². The van der Waals surface area contributed by atoms with E-state index in [4.69, 9.17) is 4.74 Å². The van der Waals surface area contributed by atoms with E-state index in [1.807, 2.05) is 27.7 Å². The third-order valence-corrected chi connectivity index (χ3v) is 3.45. The minimum absolute atomic E-state index is 0.212. The molecule has 1 amide bonds. The lowest BCUT2D eigenvalue weighted by Gasteiger charge is -2.34. The standard InChI is InChI=1S/C15H30N2O3/c1-5-13(18)10-16-9-12-7-6-8-17(11-12)14(19)20-15(2,3)4/h12-13,16,18H,5-11H2,1-4H3. The normalized spacial score (nSPS) is 21.6. The molecule has 2 unspecified atom stereocenters. The molecule has 1 heterocycles. The van der Waals surface area contributed by atoms with Crippen LogP contribution in [0, 0.1) is 5.92 Å². The lowest BCUT2D eigenvalue weighted by atomic mass is 9.98. The van der Waals surface area contributed by atoms with E-state index in [1.165, 1.54) is 0 Å². The number of aliphatic hydroxyl groups excluding tert-OH is 1. The Morgan fingerprint density at radius 1 is 1.50 bits per heavy atom. The summed E-state index contributed by atoms with van der Waals surface area (Å²) in [5, 5.41) is 12.8. The average Bonchev–Trinajstić information content (AvgIpc) is 2.37. The van der Waals surface area contributed by atoms with Crippen molar-refractivity contribution in [2.24, 2.45) is 5.92 Å². The van der Waals surface area contributed by atoms with Crippen molar-refractivity contribution in [3.8, 4) is 0 Å². The monoisotopic (exact) mass is 286 g/mol. The molecule has 1 fully saturated rings. The third kappa shape index (κ3) is 6.57. The van der Waals surface area contributed by atoms with Gasteiger partial charge in [0.25, 0.3) is 0 Å². The fourth-order valence-corrected chi connectivity index (χ4v) is 2.32.